The molecule has 0 aromatic carbocycles. The Kier molecular flexibility index (Phi) is 4.04. The third-order valence-corrected chi connectivity index (χ3v) is 3.59. The lowest BCUT2D eigenvalue weighted by atomic mass is 10.1. The van der Waals surface area contributed by atoms with Gasteiger partial charge in [-0.05, 0) is 32.0 Å². The van der Waals surface area contributed by atoms with E-state index < -0.39 is 5.97 Å². The van der Waals surface area contributed by atoms with Crippen LogP contribution in [0.5, 0.6) is 0 Å². The topological polar surface area (TPSA) is 65.5 Å². The predicted octanol–water partition coefficient (Wildman–Crippen LogP) is 1.62. The van der Waals surface area contributed by atoms with Gasteiger partial charge >= 0.3 is 5.97 Å². The van der Waals surface area contributed by atoms with E-state index in [9.17, 15) is 4.79 Å². The van der Waals surface area contributed by atoms with Crippen LogP contribution in [0.1, 0.15) is 23.2 Å². The summed E-state index contributed by atoms with van der Waals surface area (Å²) in [5.41, 5.74) is 0.0995. The molecule has 1 aliphatic rings. The van der Waals surface area contributed by atoms with E-state index in [0.717, 1.165) is 25.9 Å². The van der Waals surface area contributed by atoms with E-state index in [2.05, 4.69) is 10.3 Å². The molecule has 1 aromatic rings. The zero-order chi connectivity index (χ0) is 13.1. The van der Waals surface area contributed by atoms with Crippen LogP contribution in [0.3, 0.4) is 0 Å². The lowest BCUT2D eigenvalue weighted by molar-refractivity contribution is 0.0697. The molecule has 5 nitrogen and oxygen atoms in total. The van der Waals surface area contributed by atoms with Gasteiger partial charge in [-0.1, -0.05) is 11.6 Å². The summed E-state index contributed by atoms with van der Waals surface area (Å²) < 4.78 is 0. The summed E-state index contributed by atoms with van der Waals surface area (Å²) in [7, 11) is 1.94. The number of rotatable bonds is 3. The Morgan fingerprint density at radius 1 is 1.56 bits per heavy atom. The van der Waals surface area contributed by atoms with Gasteiger partial charge in [-0.25, -0.2) is 9.78 Å². The van der Waals surface area contributed by atoms with Gasteiger partial charge in [0.2, 0.25) is 0 Å². The normalized spacial score (nSPS) is 16.6. The second-order valence-corrected chi connectivity index (χ2v) is 4.83. The van der Waals surface area contributed by atoms with Crippen molar-refractivity contribution in [2.45, 2.75) is 18.9 Å². The van der Waals surface area contributed by atoms with E-state index in [1.807, 2.05) is 11.9 Å². The number of anilines is 1. The number of carboxylic acids is 1. The fourth-order valence-electron chi connectivity index (χ4n) is 2.17. The molecule has 0 atom stereocenters. The molecule has 0 aliphatic carbocycles. The largest absolute Gasteiger partial charge is 0.478 e. The van der Waals surface area contributed by atoms with E-state index in [-0.39, 0.29) is 10.6 Å². The standard InChI is InChI=1S/C12H16ClN3O2/c1-16(8-2-4-14-5-3-8)11-6-9(12(17)18)10(13)7-15-11/h6-8,14H,2-5H2,1H3,(H,17,18). The van der Waals surface area contributed by atoms with Crippen molar-refractivity contribution in [3.63, 3.8) is 0 Å². The van der Waals surface area contributed by atoms with Crippen molar-refractivity contribution in [2.75, 3.05) is 25.0 Å². The highest BCUT2D eigenvalue weighted by atomic mass is 35.5. The first-order chi connectivity index (χ1) is 8.59. The van der Waals surface area contributed by atoms with Gasteiger partial charge in [-0.3, -0.25) is 0 Å². The average Bonchev–Trinajstić information content (AvgIpc) is 2.39. The number of aromatic carboxylic acids is 1. The first kappa shape index (κ1) is 13.1. The van der Waals surface area contributed by atoms with Gasteiger partial charge in [0.15, 0.2) is 0 Å². The summed E-state index contributed by atoms with van der Waals surface area (Å²) in [6.45, 7) is 1.96. The fourth-order valence-corrected chi connectivity index (χ4v) is 2.35. The smallest absolute Gasteiger partial charge is 0.337 e. The van der Waals surface area contributed by atoms with Crippen molar-refractivity contribution in [3.05, 3.63) is 22.8 Å². The number of nitrogens with zero attached hydrogens (tertiary/aromatic N) is 2. The quantitative estimate of drug-likeness (QED) is 0.873. The van der Waals surface area contributed by atoms with Gasteiger partial charge in [0.05, 0.1) is 10.6 Å². The number of hydrogen-bond donors (Lipinski definition) is 2. The Hall–Kier alpha value is -1.33. The molecule has 2 heterocycles. The number of aromatic nitrogens is 1. The molecule has 0 spiro atoms. The molecule has 2 rings (SSSR count). The Morgan fingerprint density at radius 3 is 2.83 bits per heavy atom. The van der Waals surface area contributed by atoms with Crippen LogP contribution in [0.4, 0.5) is 5.82 Å². The molecule has 6 heteroatoms. The van der Waals surface area contributed by atoms with Crippen LogP contribution in [0, 0.1) is 0 Å². The molecular formula is C12H16ClN3O2. The summed E-state index contributed by atoms with van der Waals surface area (Å²) >= 11 is 5.81. The molecule has 18 heavy (non-hydrogen) atoms. The minimum absolute atomic E-state index is 0.0995. The van der Waals surface area contributed by atoms with Crippen molar-refractivity contribution >= 4 is 23.4 Å². The number of carbonyl (C=O) groups is 1. The Morgan fingerprint density at radius 2 is 2.22 bits per heavy atom. The van der Waals surface area contributed by atoms with Gasteiger partial charge in [0.25, 0.3) is 0 Å². The molecule has 0 radical (unpaired) electrons. The molecule has 0 unspecified atom stereocenters. The second kappa shape index (κ2) is 5.54. The van der Waals surface area contributed by atoms with Crippen LogP contribution in [0.25, 0.3) is 0 Å². The maximum Gasteiger partial charge on any atom is 0.337 e. The molecule has 0 saturated carbocycles. The van der Waals surface area contributed by atoms with Crippen molar-refractivity contribution in [1.82, 2.24) is 10.3 Å². The number of carboxylic acid groups (broad SMARTS) is 1. The highest BCUT2D eigenvalue weighted by molar-refractivity contribution is 6.33. The molecule has 0 bridgehead atoms. The Bertz CT molecular complexity index is 447. The molecule has 2 N–H and O–H groups in total. The van der Waals surface area contributed by atoms with E-state index >= 15 is 0 Å². The Labute approximate surface area is 111 Å². The van der Waals surface area contributed by atoms with Gasteiger partial charge in [0, 0.05) is 19.3 Å². The third-order valence-electron chi connectivity index (χ3n) is 3.29. The van der Waals surface area contributed by atoms with Gasteiger partial charge in [-0.2, -0.15) is 0 Å². The summed E-state index contributed by atoms with van der Waals surface area (Å²) in [4.78, 5) is 17.3. The average molecular weight is 270 g/mol. The van der Waals surface area contributed by atoms with Crippen molar-refractivity contribution in [3.8, 4) is 0 Å². The second-order valence-electron chi connectivity index (χ2n) is 4.42. The molecule has 1 saturated heterocycles. The van der Waals surface area contributed by atoms with Gasteiger partial charge < -0.3 is 15.3 Å². The first-order valence-corrected chi connectivity index (χ1v) is 6.30. The van der Waals surface area contributed by atoms with Crippen LogP contribution in [0.2, 0.25) is 5.02 Å². The van der Waals surface area contributed by atoms with Crippen molar-refractivity contribution in [2.24, 2.45) is 0 Å². The highest BCUT2D eigenvalue weighted by Crippen LogP contribution is 2.23. The van der Waals surface area contributed by atoms with E-state index in [4.69, 9.17) is 16.7 Å². The van der Waals surface area contributed by atoms with E-state index in [1.54, 1.807) is 0 Å². The lowest BCUT2D eigenvalue weighted by Gasteiger charge is -2.32. The van der Waals surface area contributed by atoms with Crippen LogP contribution >= 0.6 is 11.6 Å². The van der Waals surface area contributed by atoms with E-state index in [1.165, 1.54) is 12.3 Å². The summed E-state index contributed by atoms with van der Waals surface area (Å²) in [6.07, 6.45) is 3.46. The summed E-state index contributed by atoms with van der Waals surface area (Å²) in [5, 5.41) is 12.5. The molecule has 0 amide bonds. The number of nitrogens with one attached hydrogen (secondary N) is 1. The minimum atomic E-state index is -1.03. The highest BCUT2D eigenvalue weighted by Gasteiger charge is 2.20. The lowest BCUT2D eigenvalue weighted by Crippen LogP contribution is -2.41. The summed E-state index contributed by atoms with van der Waals surface area (Å²) in [6, 6.07) is 1.92. The number of halogens is 1. The minimum Gasteiger partial charge on any atom is -0.478 e. The predicted molar refractivity (Wildman–Crippen MR) is 70.5 cm³/mol. The molecule has 98 valence electrons. The molecular weight excluding hydrogens is 254 g/mol. The third kappa shape index (κ3) is 2.73. The van der Waals surface area contributed by atoms with Crippen LogP contribution in [-0.4, -0.2) is 42.2 Å². The van der Waals surface area contributed by atoms with Crippen LogP contribution in [-0.2, 0) is 0 Å². The zero-order valence-electron chi connectivity index (χ0n) is 10.2. The van der Waals surface area contributed by atoms with Crippen LogP contribution in [0.15, 0.2) is 12.3 Å². The maximum atomic E-state index is 11.0. The van der Waals surface area contributed by atoms with Crippen molar-refractivity contribution < 1.29 is 9.90 Å². The summed E-state index contributed by atoms with van der Waals surface area (Å²) in [5.74, 6) is -0.369. The number of hydrogen-bond acceptors (Lipinski definition) is 4. The molecule has 1 aromatic heterocycles. The number of pyridine rings is 1. The molecule has 1 aliphatic heterocycles. The monoisotopic (exact) mass is 269 g/mol. The van der Waals surface area contributed by atoms with Crippen molar-refractivity contribution in [1.29, 1.82) is 0 Å². The van der Waals surface area contributed by atoms with E-state index in [0.29, 0.717) is 11.9 Å². The maximum absolute atomic E-state index is 11.0. The first-order valence-electron chi connectivity index (χ1n) is 5.92. The Balaban J connectivity index is 2.21. The van der Waals surface area contributed by atoms with Gasteiger partial charge in [-0.15, -0.1) is 0 Å². The molecule has 1 fully saturated rings. The number of piperidine rings is 1. The van der Waals surface area contributed by atoms with Crippen LogP contribution < -0.4 is 10.2 Å². The van der Waals surface area contributed by atoms with Gasteiger partial charge in [0.1, 0.15) is 5.82 Å². The SMILES string of the molecule is CN(c1cc(C(=O)O)c(Cl)cn1)C1CCNCC1. The fraction of sp³-hybridized carbons (Fsp3) is 0.500. The zero-order valence-corrected chi connectivity index (χ0v) is 10.9.